The van der Waals surface area contributed by atoms with Gasteiger partial charge in [-0.15, -0.1) is 13.2 Å². The zero-order valence-corrected chi connectivity index (χ0v) is 12.1. The summed E-state index contributed by atoms with van der Waals surface area (Å²) in [5, 5.41) is 2.80. The average molecular weight is 317 g/mol. The van der Waals surface area contributed by atoms with Crippen LogP contribution in [-0.4, -0.2) is 36.9 Å². The molecule has 5 nitrogen and oxygen atoms in total. The predicted molar refractivity (Wildman–Crippen MR) is 75.3 cm³/mol. The van der Waals surface area contributed by atoms with Crippen molar-refractivity contribution in [3.05, 3.63) is 23.8 Å². The Balaban J connectivity index is 2.11. The third-order valence-corrected chi connectivity index (χ3v) is 3.57. The van der Waals surface area contributed by atoms with Crippen LogP contribution in [0.1, 0.15) is 29.6 Å². The zero-order chi connectivity index (χ0) is 16.3. The van der Waals surface area contributed by atoms with E-state index in [0.717, 1.165) is 31.9 Å². The van der Waals surface area contributed by atoms with E-state index in [1.165, 1.54) is 12.1 Å². The van der Waals surface area contributed by atoms with E-state index in [2.05, 4.69) is 10.1 Å². The molecule has 1 saturated heterocycles. The van der Waals surface area contributed by atoms with Crippen LogP contribution in [0.15, 0.2) is 18.2 Å². The first kappa shape index (κ1) is 16.4. The number of carbonyl (C=O) groups is 1. The third kappa shape index (κ3) is 4.27. The highest BCUT2D eigenvalue weighted by Crippen LogP contribution is 2.29. The summed E-state index contributed by atoms with van der Waals surface area (Å²) < 4.78 is 40.7. The molecule has 0 bridgehead atoms. The van der Waals surface area contributed by atoms with Gasteiger partial charge < -0.3 is 15.8 Å². The van der Waals surface area contributed by atoms with Crippen molar-refractivity contribution in [2.75, 3.05) is 19.3 Å². The SMILES string of the molecule is CN1CCCCC1NC(=O)c1ccc(N)c(OC(F)(F)F)c1. The highest BCUT2D eigenvalue weighted by molar-refractivity contribution is 5.95. The molecule has 1 aliphatic heterocycles. The van der Waals surface area contributed by atoms with Crippen molar-refractivity contribution in [3.63, 3.8) is 0 Å². The van der Waals surface area contributed by atoms with Gasteiger partial charge in [-0.05, 0) is 51.1 Å². The molecular weight excluding hydrogens is 299 g/mol. The zero-order valence-electron chi connectivity index (χ0n) is 12.1. The number of rotatable bonds is 3. The summed E-state index contributed by atoms with van der Waals surface area (Å²) in [5.74, 6) is -1.03. The number of nitrogens with two attached hydrogens (primary N) is 1. The monoisotopic (exact) mass is 317 g/mol. The van der Waals surface area contributed by atoms with Crippen LogP contribution in [0.2, 0.25) is 0 Å². The maximum Gasteiger partial charge on any atom is 0.573 e. The van der Waals surface area contributed by atoms with Gasteiger partial charge >= 0.3 is 6.36 Å². The molecule has 122 valence electrons. The van der Waals surface area contributed by atoms with Crippen LogP contribution in [0.5, 0.6) is 5.75 Å². The first-order chi connectivity index (χ1) is 10.3. The normalized spacial score (nSPS) is 19.7. The van der Waals surface area contributed by atoms with Crippen molar-refractivity contribution in [2.24, 2.45) is 0 Å². The summed E-state index contributed by atoms with van der Waals surface area (Å²) in [4.78, 5) is 14.2. The summed E-state index contributed by atoms with van der Waals surface area (Å²) in [6, 6.07) is 3.60. The second-order valence-electron chi connectivity index (χ2n) is 5.27. The minimum absolute atomic E-state index is 0.0763. The van der Waals surface area contributed by atoms with E-state index < -0.39 is 18.0 Å². The van der Waals surface area contributed by atoms with Gasteiger partial charge in [0.05, 0.1) is 11.9 Å². The summed E-state index contributed by atoms with van der Waals surface area (Å²) in [7, 11) is 1.89. The Kier molecular flexibility index (Phi) is 4.80. The van der Waals surface area contributed by atoms with Gasteiger partial charge in [0.2, 0.25) is 0 Å². The number of alkyl halides is 3. The van der Waals surface area contributed by atoms with Crippen molar-refractivity contribution in [3.8, 4) is 5.75 Å². The lowest BCUT2D eigenvalue weighted by atomic mass is 10.1. The Morgan fingerprint density at radius 1 is 1.41 bits per heavy atom. The predicted octanol–water partition coefficient (Wildman–Crippen LogP) is 2.34. The van der Waals surface area contributed by atoms with E-state index in [4.69, 9.17) is 5.73 Å². The van der Waals surface area contributed by atoms with Crippen LogP contribution < -0.4 is 15.8 Å². The number of hydrogen-bond donors (Lipinski definition) is 2. The number of nitrogens with one attached hydrogen (secondary N) is 1. The summed E-state index contributed by atoms with van der Waals surface area (Å²) in [6.45, 7) is 0.870. The number of nitrogen functional groups attached to an aromatic ring is 1. The summed E-state index contributed by atoms with van der Waals surface area (Å²) in [5.41, 5.74) is 5.34. The quantitative estimate of drug-likeness (QED) is 0.840. The molecule has 22 heavy (non-hydrogen) atoms. The number of nitrogens with zero attached hydrogens (tertiary/aromatic N) is 1. The highest BCUT2D eigenvalue weighted by Gasteiger charge is 2.32. The second-order valence-corrected chi connectivity index (χ2v) is 5.27. The maximum absolute atomic E-state index is 12.3. The molecule has 1 aromatic rings. The lowest BCUT2D eigenvalue weighted by Crippen LogP contribution is -2.48. The molecule has 1 aromatic carbocycles. The van der Waals surface area contributed by atoms with Gasteiger partial charge in [0, 0.05) is 5.56 Å². The molecule has 0 saturated carbocycles. The van der Waals surface area contributed by atoms with Crippen molar-refractivity contribution in [1.82, 2.24) is 10.2 Å². The van der Waals surface area contributed by atoms with E-state index in [1.807, 2.05) is 11.9 Å². The maximum atomic E-state index is 12.3. The van der Waals surface area contributed by atoms with Gasteiger partial charge in [-0.2, -0.15) is 0 Å². The Labute approximate surface area is 126 Å². The minimum Gasteiger partial charge on any atom is -0.404 e. The molecule has 2 rings (SSSR count). The van der Waals surface area contributed by atoms with Crippen LogP contribution >= 0.6 is 0 Å². The van der Waals surface area contributed by atoms with E-state index >= 15 is 0 Å². The molecule has 1 amide bonds. The van der Waals surface area contributed by atoms with Crippen LogP contribution in [0.3, 0.4) is 0 Å². The fraction of sp³-hybridized carbons (Fsp3) is 0.500. The van der Waals surface area contributed by atoms with Crippen molar-refractivity contribution in [2.45, 2.75) is 31.8 Å². The lowest BCUT2D eigenvalue weighted by Gasteiger charge is -2.32. The molecule has 0 spiro atoms. The summed E-state index contributed by atoms with van der Waals surface area (Å²) >= 11 is 0. The van der Waals surface area contributed by atoms with Crippen LogP contribution in [-0.2, 0) is 0 Å². The Bertz CT molecular complexity index is 549. The molecule has 1 atom stereocenters. The third-order valence-electron chi connectivity index (χ3n) is 3.57. The smallest absolute Gasteiger partial charge is 0.404 e. The van der Waals surface area contributed by atoms with E-state index in [0.29, 0.717) is 0 Å². The molecule has 1 aliphatic rings. The molecule has 3 N–H and O–H groups in total. The van der Waals surface area contributed by atoms with E-state index in [1.54, 1.807) is 0 Å². The molecule has 0 radical (unpaired) electrons. The van der Waals surface area contributed by atoms with Gasteiger partial charge in [-0.3, -0.25) is 9.69 Å². The second kappa shape index (κ2) is 6.43. The minimum atomic E-state index is -4.85. The number of piperidine rings is 1. The van der Waals surface area contributed by atoms with E-state index in [-0.39, 0.29) is 17.4 Å². The highest BCUT2D eigenvalue weighted by atomic mass is 19.4. The lowest BCUT2D eigenvalue weighted by molar-refractivity contribution is -0.274. The first-order valence-corrected chi connectivity index (χ1v) is 6.92. The molecule has 1 unspecified atom stereocenters. The standard InChI is InChI=1S/C14H18F3N3O2/c1-20-7-3-2-4-12(20)19-13(21)9-5-6-10(18)11(8-9)22-14(15,16)17/h5-6,8,12H,2-4,7,18H2,1H3,(H,19,21). The number of amides is 1. The number of benzene rings is 1. The topological polar surface area (TPSA) is 67.6 Å². The van der Waals surface area contributed by atoms with Gasteiger partial charge in [0.1, 0.15) is 0 Å². The number of hydrogen-bond acceptors (Lipinski definition) is 4. The molecule has 0 aromatic heterocycles. The number of halogens is 3. The first-order valence-electron chi connectivity index (χ1n) is 6.92. The molecule has 1 heterocycles. The van der Waals surface area contributed by atoms with Gasteiger partial charge in [-0.1, -0.05) is 0 Å². The average Bonchev–Trinajstić information content (AvgIpc) is 2.42. The Hall–Kier alpha value is -1.96. The Morgan fingerprint density at radius 2 is 2.14 bits per heavy atom. The largest absolute Gasteiger partial charge is 0.573 e. The van der Waals surface area contributed by atoms with Crippen LogP contribution in [0.4, 0.5) is 18.9 Å². The number of likely N-dealkylation sites (tertiary alicyclic amines) is 1. The summed E-state index contributed by atoms with van der Waals surface area (Å²) in [6.07, 6.45) is -2.10. The molecule has 0 aliphatic carbocycles. The van der Waals surface area contributed by atoms with Crippen molar-refractivity contribution >= 4 is 11.6 Å². The number of ether oxygens (including phenoxy) is 1. The fourth-order valence-corrected chi connectivity index (χ4v) is 2.38. The number of anilines is 1. The fourth-order valence-electron chi connectivity index (χ4n) is 2.38. The van der Waals surface area contributed by atoms with Gasteiger partial charge in [0.25, 0.3) is 5.91 Å². The van der Waals surface area contributed by atoms with Crippen LogP contribution in [0, 0.1) is 0 Å². The Morgan fingerprint density at radius 3 is 2.77 bits per heavy atom. The van der Waals surface area contributed by atoms with Gasteiger partial charge in [-0.25, -0.2) is 0 Å². The molecule has 1 fully saturated rings. The van der Waals surface area contributed by atoms with Crippen LogP contribution in [0.25, 0.3) is 0 Å². The molecule has 8 heteroatoms. The number of carbonyl (C=O) groups excluding carboxylic acids is 1. The molecular formula is C14H18F3N3O2. The van der Waals surface area contributed by atoms with Crippen molar-refractivity contribution < 1.29 is 22.7 Å². The van der Waals surface area contributed by atoms with Gasteiger partial charge in [0.15, 0.2) is 5.75 Å². The van der Waals surface area contributed by atoms with Crippen molar-refractivity contribution in [1.29, 1.82) is 0 Å². The van der Waals surface area contributed by atoms with E-state index in [9.17, 15) is 18.0 Å².